The van der Waals surface area contributed by atoms with Crippen molar-refractivity contribution in [3.8, 4) is 5.75 Å². The van der Waals surface area contributed by atoms with E-state index in [2.05, 4.69) is 45.9 Å². The fourth-order valence-corrected chi connectivity index (χ4v) is 3.28. The third kappa shape index (κ3) is 5.09. The molecule has 5 nitrogen and oxygen atoms in total. The van der Waals surface area contributed by atoms with Gasteiger partial charge in [-0.2, -0.15) is 0 Å². The van der Waals surface area contributed by atoms with Crippen LogP contribution in [0.15, 0.2) is 66.9 Å². The highest BCUT2D eigenvalue weighted by Gasteiger charge is 2.09. The number of hydrogen-bond acceptors (Lipinski definition) is 5. The summed E-state index contributed by atoms with van der Waals surface area (Å²) in [5.74, 6) is 1.72. The highest BCUT2D eigenvalue weighted by atomic mass is 16.5. The summed E-state index contributed by atoms with van der Waals surface area (Å²) in [5.41, 5.74) is 4.69. The van der Waals surface area contributed by atoms with Gasteiger partial charge in [-0.3, -0.25) is 0 Å². The second-order valence-electron chi connectivity index (χ2n) is 6.80. The molecule has 1 aliphatic rings. The largest absolute Gasteiger partial charge is 0.491 e. The predicted octanol–water partition coefficient (Wildman–Crippen LogP) is 3.91. The lowest BCUT2D eigenvalue weighted by Crippen LogP contribution is -2.21. The first kappa shape index (κ1) is 18.5. The first-order valence-corrected chi connectivity index (χ1v) is 9.67. The maximum absolute atomic E-state index is 6.02. The number of anilines is 2. The fourth-order valence-electron chi connectivity index (χ4n) is 3.28. The Morgan fingerprint density at radius 1 is 0.893 bits per heavy atom. The van der Waals surface area contributed by atoms with Gasteiger partial charge in [-0.25, -0.2) is 4.98 Å². The van der Waals surface area contributed by atoms with Crippen molar-refractivity contribution in [2.45, 2.75) is 13.0 Å². The van der Waals surface area contributed by atoms with Gasteiger partial charge >= 0.3 is 0 Å². The van der Waals surface area contributed by atoms with E-state index in [0.717, 1.165) is 42.3 Å². The molecule has 0 radical (unpaired) electrons. The Balaban J connectivity index is 1.61. The summed E-state index contributed by atoms with van der Waals surface area (Å²) in [5, 5.41) is 6.78. The van der Waals surface area contributed by atoms with Crippen LogP contribution in [0.4, 0.5) is 11.5 Å². The zero-order valence-corrected chi connectivity index (χ0v) is 15.9. The van der Waals surface area contributed by atoms with Crippen molar-refractivity contribution in [3.63, 3.8) is 0 Å². The first-order chi connectivity index (χ1) is 13.9. The van der Waals surface area contributed by atoms with E-state index in [1.165, 1.54) is 11.1 Å². The number of benzene rings is 2. The molecule has 2 N–H and O–H groups in total. The Bertz CT molecular complexity index is 899. The average Bonchev–Trinajstić information content (AvgIpc) is 2.72. The molecule has 0 atom stereocenters. The minimum Gasteiger partial charge on any atom is -0.491 e. The molecule has 0 unspecified atom stereocenters. The van der Waals surface area contributed by atoms with Gasteiger partial charge in [0.05, 0.1) is 13.2 Å². The summed E-state index contributed by atoms with van der Waals surface area (Å²) >= 11 is 0. The topological polar surface area (TPSA) is 55.4 Å². The van der Waals surface area contributed by atoms with E-state index in [-0.39, 0.29) is 0 Å². The summed E-state index contributed by atoms with van der Waals surface area (Å²) in [7, 11) is 0. The lowest BCUT2D eigenvalue weighted by Gasteiger charge is -2.16. The van der Waals surface area contributed by atoms with Crippen LogP contribution in [0, 0.1) is 0 Å². The molecule has 4 rings (SSSR count). The smallest absolute Gasteiger partial charge is 0.130 e. The van der Waals surface area contributed by atoms with E-state index in [9.17, 15) is 0 Å². The average molecular weight is 375 g/mol. The molecule has 144 valence electrons. The maximum atomic E-state index is 6.02. The molecule has 0 amide bonds. The second-order valence-corrected chi connectivity index (χ2v) is 6.80. The van der Waals surface area contributed by atoms with Gasteiger partial charge in [-0.1, -0.05) is 30.3 Å². The summed E-state index contributed by atoms with van der Waals surface area (Å²) in [6.45, 7) is 3.49. The molecule has 28 heavy (non-hydrogen) atoms. The van der Waals surface area contributed by atoms with Crippen molar-refractivity contribution in [1.82, 2.24) is 10.3 Å². The van der Waals surface area contributed by atoms with Crippen LogP contribution in [0.25, 0.3) is 0 Å². The minimum absolute atomic E-state index is 0.542. The number of hydrogen-bond donors (Lipinski definition) is 2. The van der Waals surface area contributed by atoms with E-state index >= 15 is 0 Å². The van der Waals surface area contributed by atoms with Crippen LogP contribution in [-0.4, -0.2) is 31.3 Å². The van der Waals surface area contributed by atoms with Crippen LogP contribution in [0.3, 0.4) is 0 Å². The van der Waals surface area contributed by atoms with E-state index in [0.29, 0.717) is 19.8 Å². The highest BCUT2D eigenvalue weighted by Crippen LogP contribution is 2.27. The Kier molecular flexibility index (Phi) is 6.17. The van der Waals surface area contributed by atoms with E-state index < -0.39 is 0 Å². The van der Waals surface area contributed by atoms with Crippen LogP contribution >= 0.6 is 0 Å². The third-order valence-corrected chi connectivity index (χ3v) is 4.62. The molecule has 1 aromatic heterocycles. The molecular weight excluding hydrogens is 350 g/mol. The Morgan fingerprint density at radius 3 is 2.79 bits per heavy atom. The van der Waals surface area contributed by atoms with Gasteiger partial charge < -0.3 is 20.1 Å². The van der Waals surface area contributed by atoms with Crippen molar-refractivity contribution in [1.29, 1.82) is 0 Å². The van der Waals surface area contributed by atoms with Crippen molar-refractivity contribution in [3.05, 3.63) is 83.6 Å². The number of aromatic nitrogens is 1. The summed E-state index contributed by atoms with van der Waals surface area (Å²) in [4.78, 5) is 4.34. The number of pyridine rings is 1. The van der Waals surface area contributed by atoms with E-state index in [1.807, 2.05) is 30.3 Å². The molecule has 0 aliphatic carbocycles. The standard InChI is InChI=1S/C23H25N3O2/c1-2-9-25-23(6-1)26-21-7-8-22-20(16-21)15-18-4-3-5-19(14-18)17-24-10-11-27-12-13-28-22/h1-9,14,16,24H,10-13,15,17H2,(H,25,26). The minimum atomic E-state index is 0.542. The van der Waals surface area contributed by atoms with E-state index in [4.69, 9.17) is 9.47 Å². The van der Waals surface area contributed by atoms with Crippen molar-refractivity contribution >= 4 is 11.5 Å². The van der Waals surface area contributed by atoms with Crippen molar-refractivity contribution < 1.29 is 9.47 Å². The number of rotatable bonds is 2. The molecule has 0 fully saturated rings. The van der Waals surface area contributed by atoms with Gasteiger partial charge in [0.25, 0.3) is 0 Å². The molecule has 5 heteroatoms. The van der Waals surface area contributed by atoms with Gasteiger partial charge in [0.15, 0.2) is 0 Å². The molecule has 3 aromatic rings. The molecule has 2 aromatic carbocycles. The fraction of sp³-hybridized carbons (Fsp3) is 0.261. The number of nitrogens with one attached hydrogen (secondary N) is 2. The summed E-state index contributed by atoms with van der Waals surface area (Å²) in [6, 6.07) is 20.7. The molecule has 2 bridgehead atoms. The number of nitrogens with zero attached hydrogens (tertiary/aromatic N) is 1. The molecule has 0 spiro atoms. The third-order valence-electron chi connectivity index (χ3n) is 4.62. The normalized spacial score (nSPS) is 15.0. The van der Waals surface area contributed by atoms with Gasteiger partial charge in [0, 0.05) is 37.0 Å². The Labute approximate surface area is 165 Å². The quantitative estimate of drug-likeness (QED) is 0.711. The van der Waals surface area contributed by atoms with Crippen LogP contribution < -0.4 is 15.4 Å². The number of fused-ring (bicyclic) bond motifs is 3. The van der Waals surface area contributed by atoms with Crippen LogP contribution in [0.1, 0.15) is 16.7 Å². The summed E-state index contributed by atoms with van der Waals surface area (Å²) < 4.78 is 11.7. The van der Waals surface area contributed by atoms with Gasteiger partial charge in [-0.15, -0.1) is 0 Å². The lowest BCUT2D eigenvalue weighted by molar-refractivity contribution is 0.101. The highest BCUT2D eigenvalue weighted by molar-refractivity contribution is 5.59. The van der Waals surface area contributed by atoms with Crippen LogP contribution in [0.5, 0.6) is 5.75 Å². The van der Waals surface area contributed by atoms with Gasteiger partial charge in [0.2, 0.25) is 0 Å². The summed E-state index contributed by atoms with van der Waals surface area (Å²) in [6.07, 6.45) is 2.59. The van der Waals surface area contributed by atoms with Crippen molar-refractivity contribution in [2.24, 2.45) is 0 Å². The van der Waals surface area contributed by atoms with Gasteiger partial charge in [-0.05, 0) is 41.5 Å². The Hall–Kier alpha value is -2.89. The van der Waals surface area contributed by atoms with Crippen LogP contribution in [-0.2, 0) is 17.7 Å². The first-order valence-electron chi connectivity index (χ1n) is 9.67. The molecule has 1 aliphatic heterocycles. The zero-order chi connectivity index (χ0) is 19.0. The van der Waals surface area contributed by atoms with E-state index in [1.54, 1.807) is 6.20 Å². The number of ether oxygens (including phenoxy) is 2. The molecular formula is C23H25N3O2. The lowest BCUT2D eigenvalue weighted by atomic mass is 10.0. The monoisotopic (exact) mass is 375 g/mol. The molecule has 0 saturated heterocycles. The van der Waals surface area contributed by atoms with Crippen LogP contribution in [0.2, 0.25) is 0 Å². The maximum Gasteiger partial charge on any atom is 0.130 e. The van der Waals surface area contributed by atoms with Gasteiger partial charge in [0.1, 0.15) is 18.2 Å². The molecule has 0 saturated carbocycles. The SMILES string of the molecule is c1ccc(Nc2ccc3c(c2)Cc2cccc(c2)CNCCOCCO3)nc1. The van der Waals surface area contributed by atoms with Crippen molar-refractivity contribution in [2.75, 3.05) is 31.7 Å². The zero-order valence-electron chi connectivity index (χ0n) is 15.9. The predicted molar refractivity (Wildman–Crippen MR) is 111 cm³/mol. The molecule has 2 heterocycles. The Morgan fingerprint density at radius 2 is 1.86 bits per heavy atom. The second kappa shape index (κ2) is 9.35.